The molecule has 4 heteroatoms. The maximum Gasteiger partial charge on any atom is 0.0594 e. The van der Waals surface area contributed by atoms with E-state index in [1.165, 1.54) is 0 Å². The summed E-state index contributed by atoms with van der Waals surface area (Å²) in [6.07, 6.45) is 0. The molecule has 2 rings (SSSR count). The SMILES string of the molecule is Cc1cc(NN)c2ccccc2c1NN. The zero-order chi connectivity index (χ0) is 10.8. The lowest BCUT2D eigenvalue weighted by Crippen LogP contribution is -2.11. The summed E-state index contributed by atoms with van der Waals surface area (Å²) < 4.78 is 0. The van der Waals surface area contributed by atoms with Gasteiger partial charge in [-0.15, -0.1) is 0 Å². The molecule has 6 N–H and O–H groups in total. The fourth-order valence-corrected chi connectivity index (χ4v) is 1.83. The van der Waals surface area contributed by atoms with Gasteiger partial charge in [0.2, 0.25) is 0 Å². The molecule has 0 amide bonds. The lowest BCUT2D eigenvalue weighted by molar-refractivity contribution is 1.31. The van der Waals surface area contributed by atoms with Gasteiger partial charge in [-0.2, -0.15) is 0 Å². The third-order valence-corrected chi connectivity index (χ3v) is 2.54. The van der Waals surface area contributed by atoms with E-state index in [1.807, 2.05) is 37.3 Å². The number of hydrazine groups is 2. The summed E-state index contributed by atoms with van der Waals surface area (Å²) in [6.45, 7) is 1.99. The first-order valence-electron chi connectivity index (χ1n) is 4.73. The minimum Gasteiger partial charge on any atom is -0.324 e. The molecule has 0 unspecified atom stereocenters. The van der Waals surface area contributed by atoms with E-state index in [1.54, 1.807) is 0 Å². The highest BCUT2D eigenvalue weighted by molar-refractivity contribution is 6.02. The summed E-state index contributed by atoms with van der Waals surface area (Å²) in [6, 6.07) is 9.93. The van der Waals surface area contributed by atoms with E-state index < -0.39 is 0 Å². The molecule has 2 aromatic carbocycles. The summed E-state index contributed by atoms with van der Waals surface area (Å²) >= 11 is 0. The second-order valence-corrected chi connectivity index (χ2v) is 3.45. The zero-order valence-electron chi connectivity index (χ0n) is 8.54. The van der Waals surface area contributed by atoms with E-state index in [-0.39, 0.29) is 0 Å². The molecule has 0 saturated carbocycles. The van der Waals surface area contributed by atoms with Gasteiger partial charge in [0.05, 0.1) is 11.4 Å². The average molecular weight is 202 g/mol. The summed E-state index contributed by atoms with van der Waals surface area (Å²) in [4.78, 5) is 0. The van der Waals surface area contributed by atoms with Crippen molar-refractivity contribution in [3.05, 3.63) is 35.9 Å². The molecular weight excluding hydrogens is 188 g/mol. The molecule has 78 valence electrons. The van der Waals surface area contributed by atoms with E-state index >= 15 is 0 Å². The Morgan fingerprint density at radius 2 is 1.67 bits per heavy atom. The topological polar surface area (TPSA) is 76.1 Å². The molecule has 0 saturated heterocycles. The van der Waals surface area contributed by atoms with Crippen molar-refractivity contribution in [3.8, 4) is 0 Å². The highest BCUT2D eigenvalue weighted by atomic mass is 15.2. The maximum absolute atomic E-state index is 5.51. The lowest BCUT2D eigenvalue weighted by atomic mass is 10.0. The number of nitrogens with two attached hydrogens (primary N) is 2. The molecule has 0 spiro atoms. The number of fused-ring (bicyclic) bond motifs is 1. The largest absolute Gasteiger partial charge is 0.324 e. The van der Waals surface area contributed by atoms with Gasteiger partial charge in [-0.25, -0.2) is 0 Å². The van der Waals surface area contributed by atoms with Gasteiger partial charge in [-0.1, -0.05) is 24.3 Å². The molecule has 0 radical (unpaired) electrons. The van der Waals surface area contributed by atoms with Crippen LogP contribution in [0.1, 0.15) is 5.56 Å². The van der Waals surface area contributed by atoms with Crippen molar-refractivity contribution in [3.63, 3.8) is 0 Å². The number of nitrogens with one attached hydrogen (secondary N) is 2. The van der Waals surface area contributed by atoms with Gasteiger partial charge in [-0.05, 0) is 18.6 Å². The monoisotopic (exact) mass is 202 g/mol. The predicted molar refractivity (Wildman–Crippen MR) is 64.3 cm³/mol. The molecule has 2 aromatic rings. The van der Waals surface area contributed by atoms with E-state index in [0.29, 0.717) is 0 Å². The molecule has 0 fully saturated rings. The quantitative estimate of drug-likeness (QED) is 0.442. The highest BCUT2D eigenvalue weighted by Gasteiger charge is 2.07. The van der Waals surface area contributed by atoms with Crippen LogP contribution in [0.2, 0.25) is 0 Å². The number of anilines is 2. The number of nitrogen functional groups attached to an aromatic ring is 2. The van der Waals surface area contributed by atoms with Crippen LogP contribution in [0.5, 0.6) is 0 Å². The van der Waals surface area contributed by atoms with Crippen molar-refractivity contribution in [2.45, 2.75) is 6.92 Å². The lowest BCUT2D eigenvalue weighted by Gasteiger charge is -2.13. The third kappa shape index (κ3) is 1.49. The minimum atomic E-state index is 0.905. The minimum absolute atomic E-state index is 0.905. The van der Waals surface area contributed by atoms with Gasteiger partial charge in [0.1, 0.15) is 0 Å². The Bertz CT molecular complexity index is 493. The Balaban J connectivity index is 2.86. The second kappa shape index (κ2) is 3.76. The molecule has 0 aliphatic carbocycles. The summed E-state index contributed by atoms with van der Waals surface area (Å²) in [5.74, 6) is 11.0. The van der Waals surface area contributed by atoms with Crippen molar-refractivity contribution in [2.24, 2.45) is 11.7 Å². The Kier molecular flexibility index (Phi) is 2.45. The Morgan fingerprint density at radius 3 is 2.27 bits per heavy atom. The van der Waals surface area contributed by atoms with E-state index in [4.69, 9.17) is 11.7 Å². The van der Waals surface area contributed by atoms with E-state index in [9.17, 15) is 0 Å². The normalized spacial score (nSPS) is 10.3. The van der Waals surface area contributed by atoms with E-state index in [0.717, 1.165) is 27.7 Å². The zero-order valence-corrected chi connectivity index (χ0v) is 8.54. The highest BCUT2D eigenvalue weighted by Crippen LogP contribution is 2.32. The third-order valence-electron chi connectivity index (χ3n) is 2.54. The Hall–Kier alpha value is -1.78. The predicted octanol–water partition coefficient (Wildman–Crippen LogP) is 1.72. The van der Waals surface area contributed by atoms with Crippen LogP contribution in [0.4, 0.5) is 11.4 Å². The molecule has 0 aromatic heterocycles. The van der Waals surface area contributed by atoms with Crippen LogP contribution >= 0.6 is 0 Å². The van der Waals surface area contributed by atoms with Gasteiger partial charge in [0.25, 0.3) is 0 Å². The van der Waals surface area contributed by atoms with Crippen molar-refractivity contribution in [1.29, 1.82) is 0 Å². The van der Waals surface area contributed by atoms with Crippen molar-refractivity contribution in [2.75, 3.05) is 10.9 Å². The molecule has 0 aliphatic heterocycles. The molecule has 0 atom stereocenters. The van der Waals surface area contributed by atoms with Crippen LogP contribution in [0.3, 0.4) is 0 Å². The standard InChI is InChI=1S/C11H14N4/c1-7-6-10(14-12)8-4-2-3-5-9(8)11(7)15-13/h2-6,14-15H,12-13H2,1H3. The van der Waals surface area contributed by atoms with Gasteiger partial charge in [0.15, 0.2) is 0 Å². The molecule has 15 heavy (non-hydrogen) atoms. The molecule has 0 bridgehead atoms. The fourth-order valence-electron chi connectivity index (χ4n) is 1.83. The van der Waals surface area contributed by atoms with E-state index in [2.05, 4.69) is 10.9 Å². The number of benzene rings is 2. The van der Waals surface area contributed by atoms with Crippen LogP contribution in [-0.2, 0) is 0 Å². The second-order valence-electron chi connectivity index (χ2n) is 3.45. The van der Waals surface area contributed by atoms with Gasteiger partial charge in [0, 0.05) is 10.8 Å². The van der Waals surface area contributed by atoms with Gasteiger partial charge in [-0.3, -0.25) is 11.7 Å². The molecule has 4 nitrogen and oxygen atoms in total. The number of hydrogen-bond acceptors (Lipinski definition) is 4. The summed E-state index contributed by atoms with van der Waals surface area (Å²) in [5, 5.41) is 2.12. The van der Waals surface area contributed by atoms with Crippen LogP contribution in [0, 0.1) is 6.92 Å². The number of aryl methyl sites for hydroxylation is 1. The average Bonchev–Trinajstić information content (AvgIpc) is 2.28. The first kappa shape index (κ1) is 9.76. The molecule has 0 heterocycles. The fraction of sp³-hybridized carbons (Fsp3) is 0.0909. The van der Waals surface area contributed by atoms with Crippen LogP contribution in [-0.4, -0.2) is 0 Å². The van der Waals surface area contributed by atoms with Crippen molar-refractivity contribution < 1.29 is 0 Å². The van der Waals surface area contributed by atoms with Crippen LogP contribution in [0.15, 0.2) is 30.3 Å². The Morgan fingerprint density at radius 1 is 1.00 bits per heavy atom. The Labute approximate surface area is 88.2 Å². The number of hydrogen-bond donors (Lipinski definition) is 4. The van der Waals surface area contributed by atoms with Gasteiger partial charge >= 0.3 is 0 Å². The molecule has 0 aliphatic rings. The summed E-state index contributed by atoms with van der Waals surface area (Å²) in [7, 11) is 0. The first-order chi connectivity index (χ1) is 7.27. The van der Waals surface area contributed by atoms with Crippen LogP contribution < -0.4 is 22.5 Å². The smallest absolute Gasteiger partial charge is 0.0594 e. The molecular formula is C11H14N4. The number of rotatable bonds is 2. The van der Waals surface area contributed by atoms with Crippen LogP contribution in [0.25, 0.3) is 10.8 Å². The summed E-state index contributed by atoms with van der Waals surface area (Å²) in [5.41, 5.74) is 8.31. The van der Waals surface area contributed by atoms with Crippen molar-refractivity contribution >= 4 is 22.1 Å². The maximum atomic E-state index is 5.51. The van der Waals surface area contributed by atoms with Crippen molar-refractivity contribution in [1.82, 2.24) is 0 Å². The first-order valence-corrected chi connectivity index (χ1v) is 4.73. The van der Waals surface area contributed by atoms with Gasteiger partial charge < -0.3 is 10.9 Å².